The Bertz CT molecular complexity index is 1610. The number of carboxylic acid groups (broad SMARTS) is 2. The van der Waals surface area contributed by atoms with E-state index in [0.29, 0.717) is 0 Å². The second-order valence-corrected chi connectivity index (χ2v) is 11.1. The number of aromatic nitrogens is 2. The number of benzene rings is 2. The zero-order chi connectivity index (χ0) is 27.5. The Morgan fingerprint density at radius 2 is 1.03 bits per heavy atom. The molecule has 0 radical (unpaired) electrons. The number of hydrogen-bond donors (Lipinski definition) is 4. The summed E-state index contributed by atoms with van der Waals surface area (Å²) in [4.78, 5) is 31.0. The second kappa shape index (κ2) is 10.3. The average Bonchev–Trinajstić information content (AvgIpc) is 2.89. The summed E-state index contributed by atoms with van der Waals surface area (Å²) in [5.74, 6) is -2.87. The van der Waals surface area contributed by atoms with Crippen molar-refractivity contribution in [1.29, 1.82) is 0 Å². The molecule has 0 unspecified atom stereocenters. The van der Waals surface area contributed by atoms with Crippen molar-refractivity contribution in [3.63, 3.8) is 0 Å². The first-order valence-corrected chi connectivity index (χ1v) is 13.6. The molecule has 4 N–H and O–H groups in total. The Labute approximate surface area is 216 Å². The van der Waals surface area contributed by atoms with Crippen LogP contribution in [0.3, 0.4) is 0 Å². The van der Waals surface area contributed by atoms with Crippen molar-refractivity contribution in [3.8, 4) is 11.1 Å². The summed E-state index contributed by atoms with van der Waals surface area (Å²) >= 11 is 0. The molecular formula is C24H18N4O8S2. The fraction of sp³-hybridized carbons (Fsp3) is 0. The van der Waals surface area contributed by atoms with Crippen molar-refractivity contribution in [2.75, 3.05) is 9.44 Å². The van der Waals surface area contributed by atoms with Crippen LogP contribution in [0.2, 0.25) is 0 Å². The highest BCUT2D eigenvalue weighted by Gasteiger charge is 2.22. The number of anilines is 2. The molecule has 12 nitrogen and oxygen atoms in total. The van der Waals surface area contributed by atoms with Gasteiger partial charge in [-0.1, -0.05) is 12.1 Å². The van der Waals surface area contributed by atoms with Crippen LogP contribution in [0.4, 0.5) is 11.4 Å². The number of nitrogens with zero attached hydrogens (tertiary/aromatic N) is 2. The largest absolute Gasteiger partial charge is 0.478 e. The van der Waals surface area contributed by atoms with Crippen LogP contribution in [0.25, 0.3) is 11.1 Å². The van der Waals surface area contributed by atoms with Gasteiger partial charge in [-0.3, -0.25) is 19.4 Å². The maximum absolute atomic E-state index is 12.6. The van der Waals surface area contributed by atoms with E-state index in [1.165, 1.54) is 73.1 Å². The summed E-state index contributed by atoms with van der Waals surface area (Å²) in [7, 11) is -8.27. The van der Waals surface area contributed by atoms with Crippen molar-refractivity contribution in [2.45, 2.75) is 9.79 Å². The van der Waals surface area contributed by atoms with Crippen LogP contribution < -0.4 is 9.44 Å². The Balaban J connectivity index is 1.70. The maximum atomic E-state index is 12.6. The molecule has 2 aromatic heterocycles. The molecule has 4 aromatic rings. The molecule has 0 atom stereocenters. The number of carboxylic acids is 2. The number of nitrogens with one attached hydrogen (secondary N) is 2. The van der Waals surface area contributed by atoms with Gasteiger partial charge in [0.25, 0.3) is 20.0 Å². The molecular weight excluding hydrogens is 536 g/mol. The van der Waals surface area contributed by atoms with E-state index in [9.17, 15) is 36.6 Å². The summed E-state index contributed by atoms with van der Waals surface area (Å²) in [6.45, 7) is 0. The standard InChI is InChI=1S/C24H18N4O8S2/c29-23(30)19-11-15(5-7-21(19)27-37(33,34)17-3-1-9-25-13-17)16-6-8-22(20(12-16)24(31)32)28-38(35,36)18-4-2-10-26-14-18/h1-14,27-28H,(H,29,30)(H,31,32). The first-order valence-electron chi connectivity index (χ1n) is 10.6. The lowest BCUT2D eigenvalue weighted by Crippen LogP contribution is -2.16. The molecule has 0 saturated heterocycles. The van der Waals surface area contributed by atoms with Gasteiger partial charge in [0.1, 0.15) is 9.79 Å². The summed E-state index contributed by atoms with van der Waals surface area (Å²) < 4.78 is 55.0. The molecule has 2 aromatic carbocycles. The average molecular weight is 555 g/mol. The molecule has 14 heteroatoms. The van der Waals surface area contributed by atoms with Crippen LogP contribution >= 0.6 is 0 Å². The van der Waals surface area contributed by atoms with E-state index in [1.54, 1.807) is 0 Å². The smallest absolute Gasteiger partial charge is 0.337 e. The zero-order valence-electron chi connectivity index (χ0n) is 19.1. The van der Waals surface area contributed by atoms with E-state index in [2.05, 4.69) is 19.4 Å². The lowest BCUT2D eigenvalue weighted by atomic mass is 9.99. The summed E-state index contributed by atoms with van der Waals surface area (Å²) in [6.07, 6.45) is 4.98. The lowest BCUT2D eigenvalue weighted by molar-refractivity contribution is 0.0687. The molecule has 0 bridgehead atoms. The quantitative estimate of drug-likeness (QED) is 0.239. The first kappa shape index (κ1) is 26.2. The van der Waals surface area contributed by atoms with Crippen LogP contribution in [0.1, 0.15) is 20.7 Å². The Morgan fingerprint density at radius 3 is 1.34 bits per heavy atom. The van der Waals surface area contributed by atoms with E-state index in [-0.39, 0.29) is 32.3 Å². The fourth-order valence-corrected chi connectivity index (χ4v) is 5.48. The van der Waals surface area contributed by atoms with Crippen LogP contribution in [0.15, 0.2) is 95.2 Å². The summed E-state index contributed by atoms with van der Waals surface area (Å²) in [5.41, 5.74) is -0.734. The van der Waals surface area contributed by atoms with E-state index in [4.69, 9.17) is 0 Å². The van der Waals surface area contributed by atoms with E-state index >= 15 is 0 Å². The van der Waals surface area contributed by atoms with Gasteiger partial charge in [0.15, 0.2) is 0 Å². The summed E-state index contributed by atoms with van der Waals surface area (Å²) in [5, 5.41) is 19.4. The number of aromatic carboxylic acids is 2. The highest BCUT2D eigenvalue weighted by atomic mass is 32.2. The minimum absolute atomic E-state index is 0.171. The monoisotopic (exact) mass is 554 g/mol. The van der Waals surface area contributed by atoms with Crippen LogP contribution in [-0.2, 0) is 20.0 Å². The van der Waals surface area contributed by atoms with Crippen LogP contribution in [-0.4, -0.2) is 49.0 Å². The highest BCUT2D eigenvalue weighted by molar-refractivity contribution is 7.93. The van der Waals surface area contributed by atoms with E-state index < -0.39 is 43.1 Å². The summed E-state index contributed by atoms with van der Waals surface area (Å²) in [6, 6.07) is 13.0. The number of sulfonamides is 2. The predicted molar refractivity (Wildman–Crippen MR) is 136 cm³/mol. The number of rotatable bonds is 9. The normalized spacial score (nSPS) is 11.5. The molecule has 194 valence electrons. The predicted octanol–water partition coefficient (Wildman–Crippen LogP) is 3.14. The number of pyridine rings is 2. The number of hydrogen-bond acceptors (Lipinski definition) is 8. The molecule has 0 amide bonds. The van der Waals surface area contributed by atoms with Gasteiger partial charge in [0.2, 0.25) is 0 Å². The SMILES string of the molecule is O=C(O)c1cc(-c2ccc(NS(=O)(=O)c3cccnc3)c(C(=O)O)c2)ccc1NS(=O)(=O)c1cccnc1. The molecule has 0 aliphatic heterocycles. The van der Waals surface area contributed by atoms with Crippen molar-refractivity contribution in [1.82, 2.24) is 9.97 Å². The van der Waals surface area contributed by atoms with Crippen LogP contribution in [0.5, 0.6) is 0 Å². The van der Waals surface area contributed by atoms with Gasteiger partial charge in [-0.05, 0) is 59.7 Å². The van der Waals surface area contributed by atoms with Crippen molar-refractivity contribution < 1.29 is 36.6 Å². The molecule has 0 saturated carbocycles. The van der Waals surface area contributed by atoms with Crippen molar-refractivity contribution in [2.24, 2.45) is 0 Å². The molecule has 0 spiro atoms. The van der Waals surface area contributed by atoms with Gasteiger partial charge >= 0.3 is 11.9 Å². The molecule has 0 aliphatic rings. The Kier molecular flexibility index (Phi) is 7.10. The topological polar surface area (TPSA) is 193 Å². The van der Waals surface area contributed by atoms with Gasteiger partial charge in [-0.2, -0.15) is 0 Å². The van der Waals surface area contributed by atoms with Gasteiger partial charge in [-0.25, -0.2) is 26.4 Å². The third-order valence-corrected chi connectivity index (χ3v) is 7.91. The minimum atomic E-state index is -4.13. The van der Waals surface area contributed by atoms with Gasteiger partial charge in [0.05, 0.1) is 22.5 Å². The molecule has 0 fully saturated rings. The van der Waals surface area contributed by atoms with Crippen molar-refractivity contribution in [3.05, 3.63) is 96.6 Å². The van der Waals surface area contributed by atoms with E-state index in [0.717, 1.165) is 12.4 Å². The van der Waals surface area contributed by atoms with Gasteiger partial charge in [-0.15, -0.1) is 0 Å². The Hall–Kier alpha value is -4.82. The minimum Gasteiger partial charge on any atom is -0.478 e. The van der Waals surface area contributed by atoms with Gasteiger partial charge < -0.3 is 10.2 Å². The Morgan fingerprint density at radius 1 is 0.632 bits per heavy atom. The number of carbonyl (C=O) groups is 2. The molecule has 38 heavy (non-hydrogen) atoms. The third-order valence-electron chi connectivity index (χ3n) is 5.21. The van der Waals surface area contributed by atoms with Gasteiger partial charge in [0, 0.05) is 24.8 Å². The second-order valence-electron chi connectivity index (χ2n) is 7.72. The lowest BCUT2D eigenvalue weighted by Gasteiger charge is -2.14. The maximum Gasteiger partial charge on any atom is 0.337 e. The molecule has 2 heterocycles. The third kappa shape index (κ3) is 5.61. The van der Waals surface area contributed by atoms with Crippen molar-refractivity contribution >= 4 is 43.4 Å². The first-order chi connectivity index (χ1) is 18.0. The van der Waals surface area contributed by atoms with E-state index in [1.807, 2.05) is 0 Å². The molecule has 4 rings (SSSR count). The van der Waals surface area contributed by atoms with Crippen LogP contribution in [0, 0.1) is 0 Å². The fourth-order valence-electron chi connectivity index (χ4n) is 3.40. The zero-order valence-corrected chi connectivity index (χ0v) is 20.8. The molecule has 0 aliphatic carbocycles. The highest BCUT2D eigenvalue weighted by Crippen LogP contribution is 2.30.